The maximum absolute atomic E-state index is 6.32. The van der Waals surface area contributed by atoms with Crippen LogP contribution in [-0.2, 0) is 13.1 Å². The van der Waals surface area contributed by atoms with Crippen molar-refractivity contribution in [3.05, 3.63) is 53.9 Å². The number of nitrogens with two attached hydrogens (primary N) is 1. The Kier molecular flexibility index (Phi) is 3.85. The van der Waals surface area contributed by atoms with E-state index in [4.69, 9.17) is 5.73 Å². The second-order valence-corrected chi connectivity index (χ2v) is 5.58. The molecule has 2 N–H and O–H groups in total. The molecule has 0 radical (unpaired) electrons. The number of aromatic nitrogens is 2. The largest absolute Gasteiger partial charge is 0.326 e. The molecule has 1 aliphatic rings. The first-order chi connectivity index (χ1) is 9.76. The lowest BCUT2D eigenvalue weighted by Gasteiger charge is -2.15. The molecular formula is C16H22N4. The van der Waals surface area contributed by atoms with E-state index in [1.54, 1.807) is 0 Å². The van der Waals surface area contributed by atoms with Crippen molar-refractivity contribution >= 4 is 0 Å². The molecule has 1 saturated heterocycles. The third-order valence-corrected chi connectivity index (χ3v) is 4.09. The van der Waals surface area contributed by atoms with E-state index in [1.165, 1.54) is 11.1 Å². The predicted octanol–water partition coefficient (Wildman–Crippen LogP) is 1.83. The van der Waals surface area contributed by atoms with Gasteiger partial charge in [-0.3, -0.25) is 9.58 Å². The van der Waals surface area contributed by atoms with Gasteiger partial charge in [0.25, 0.3) is 0 Å². The minimum absolute atomic E-state index is 0.221. The van der Waals surface area contributed by atoms with Crippen molar-refractivity contribution < 1.29 is 0 Å². The van der Waals surface area contributed by atoms with Crippen LogP contribution in [0.15, 0.2) is 42.7 Å². The number of nitrogens with zero attached hydrogens (tertiary/aromatic N) is 3. The molecule has 4 heteroatoms. The summed E-state index contributed by atoms with van der Waals surface area (Å²) in [5.41, 5.74) is 8.95. The highest BCUT2D eigenvalue weighted by atomic mass is 15.3. The number of likely N-dealkylation sites (tertiary alicyclic amines) is 1. The van der Waals surface area contributed by atoms with Crippen molar-refractivity contribution in [1.29, 1.82) is 0 Å². The van der Waals surface area contributed by atoms with E-state index in [-0.39, 0.29) is 6.04 Å². The van der Waals surface area contributed by atoms with Crippen LogP contribution in [-0.4, -0.2) is 33.8 Å². The molecule has 0 saturated carbocycles. The van der Waals surface area contributed by atoms with Gasteiger partial charge in [-0.25, -0.2) is 0 Å². The minimum atomic E-state index is 0.221. The quantitative estimate of drug-likeness (QED) is 0.922. The highest BCUT2D eigenvalue weighted by Crippen LogP contribution is 2.27. The summed E-state index contributed by atoms with van der Waals surface area (Å²) in [7, 11) is 0. The molecule has 1 aromatic carbocycles. The summed E-state index contributed by atoms with van der Waals surface area (Å²) in [5, 5.41) is 4.33. The van der Waals surface area contributed by atoms with Crippen molar-refractivity contribution in [3.63, 3.8) is 0 Å². The van der Waals surface area contributed by atoms with E-state index in [1.807, 2.05) is 10.9 Å². The first-order valence-electron chi connectivity index (χ1n) is 7.30. The van der Waals surface area contributed by atoms with E-state index in [0.717, 1.165) is 26.2 Å². The van der Waals surface area contributed by atoms with Crippen LogP contribution in [0.25, 0.3) is 0 Å². The molecule has 1 aromatic heterocycles. The van der Waals surface area contributed by atoms with Crippen LogP contribution in [0.4, 0.5) is 0 Å². The Morgan fingerprint density at radius 1 is 1.25 bits per heavy atom. The molecule has 4 nitrogen and oxygen atoms in total. The summed E-state index contributed by atoms with van der Waals surface area (Å²) in [5.74, 6) is 0.442. The van der Waals surface area contributed by atoms with Gasteiger partial charge >= 0.3 is 0 Å². The van der Waals surface area contributed by atoms with E-state index in [9.17, 15) is 0 Å². The van der Waals surface area contributed by atoms with Crippen LogP contribution >= 0.6 is 0 Å². The molecule has 2 atom stereocenters. The SMILES string of the molecule is CCn1cc(CN2C[C@@H](N)[C@H](c3ccccc3)C2)cn1. The zero-order valence-electron chi connectivity index (χ0n) is 11.9. The summed E-state index contributed by atoms with van der Waals surface area (Å²) >= 11 is 0. The third kappa shape index (κ3) is 2.76. The molecule has 0 aliphatic carbocycles. The Bertz CT molecular complexity index is 549. The molecule has 2 aromatic rings. The molecule has 0 bridgehead atoms. The van der Waals surface area contributed by atoms with Crippen molar-refractivity contribution in [1.82, 2.24) is 14.7 Å². The van der Waals surface area contributed by atoms with E-state index < -0.39 is 0 Å². The Balaban J connectivity index is 1.66. The van der Waals surface area contributed by atoms with Gasteiger partial charge in [0.15, 0.2) is 0 Å². The number of rotatable bonds is 4. The molecule has 2 heterocycles. The smallest absolute Gasteiger partial charge is 0.0534 e. The van der Waals surface area contributed by atoms with Crippen LogP contribution in [0.5, 0.6) is 0 Å². The van der Waals surface area contributed by atoms with Gasteiger partial charge in [-0.1, -0.05) is 30.3 Å². The molecule has 1 fully saturated rings. The average molecular weight is 270 g/mol. The number of hydrogen-bond donors (Lipinski definition) is 1. The zero-order chi connectivity index (χ0) is 13.9. The monoisotopic (exact) mass is 270 g/mol. The molecular weight excluding hydrogens is 248 g/mol. The average Bonchev–Trinajstić information content (AvgIpc) is 3.07. The standard InChI is InChI=1S/C16H22N4/c1-2-20-10-13(8-18-20)9-19-11-15(16(17)12-19)14-6-4-3-5-7-14/h3-8,10,15-16H,2,9,11-12,17H2,1H3/t15-,16+/m0/s1. The fourth-order valence-corrected chi connectivity index (χ4v) is 3.01. The van der Waals surface area contributed by atoms with Gasteiger partial charge in [0.1, 0.15) is 0 Å². The van der Waals surface area contributed by atoms with Gasteiger partial charge in [0.05, 0.1) is 6.20 Å². The van der Waals surface area contributed by atoms with E-state index >= 15 is 0 Å². The lowest BCUT2D eigenvalue weighted by atomic mass is 9.95. The van der Waals surface area contributed by atoms with Gasteiger partial charge in [-0.15, -0.1) is 0 Å². The van der Waals surface area contributed by atoms with Gasteiger partial charge in [-0.05, 0) is 12.5 Å². The summed E-state index contributed by atoms with van der Waals surface area (Å²) < 4.78 is 1.97. The van der Waals surface area contributed by atoms with E-state index in [0.29, 0.717) is 5.92 Å². The molecule has 20 heavy (non-hydrogen) atoms. The van der Waals surface area contributed by atoms with Crippen LogP contribution < -0.4 is 5.73 Å². The number of hydrogen-bond acceptors (Lipinski definition) is 3. The molecule has 1 aliphatic heterocycles. The number of aryl methyl sites for hydroxylation is 1. The third-order valence-electron chi connectivity index (χ3n) is 4.09. The Hall–Kier alpha value is -1.65. The Morgan fingerprint density at radius 2 is 2.05 bits per heavy atom. The van der Waals surface area contributed by atoms with Gasteiger partial charge < -0.3 is 5.73 Å². The van der Waals surface area contributed by atoms with E-state index in [2.05, 4.69) is 53.5 Å². The fraction of sp³-hybridized carbons (Fsp3) is 0.438. The first-order valence-corrected chi connectivity index (χ1v) is 7.30. The normalized spacial score (nSPS) is 23.3. The maximum Gasteiger partial charge on any atom is 0.0534 e. The molecule has 106 valence electrons. The highest BCUT2D eigenvalue weighted by molar-refractivity contribution is 5.23. The maximum atomic E-state index is 6.32. The Morgan fingerprint density at radius 3 is 2.75 bits per heavy atom. The summed E-state index contributed by atoms with van der Waals surface area (Å²) in [6.07, 6.45) is 4.09. The van der Waals surface area contributed by atoms with Crippen molar-refractivity contribution in [2.24, 2.45) is 5.73 Å². The fourth-order valence-electron chi connectivity index (χ4n) is 3.01. The van der Waals surface area contributed by atoms with Crippen LogP contribution in [0.1, 0.15) is 24.0 Å². The second-order valence-electron chi connectivity index (χ2n) is 5.58. The summed E-state index contributed by atoms with van der Waals surface area (Å²) in [6, 6.07) is 10.8. The van der Waals surface area contributed by atoms with Crippen LogP contribution in [0, 0.1) is 0 Å². The minimum Gasteiger partial charge on any atom is -0.326 e. The Labute approximate surface area is 120 Å². The molecule has 0 amide bonds. The topological polar surface area (TPSA) is 47.1 Å². The van der Waals surface area contributed by atoms with Crippen molar-refractivity contribution in [3.8, 4) is 0 Å². The van der Waals surface area contributed by atoms with Gasteiger partial charge in [0.2, 0.25) is 0 Å². The van der Waals surface area contributed by atoms with Crippen molar-refractivity contribution in [2.45, 2.75) is 32.0 Å². The lowest BCUT2D eigenvalue weighted by Crippen LogP contribution is -2.28. The first kappa shape index (κ1) is 13.3. The molecule has 3 rings (SSSR count). The summed E-state index contributed by atoms with van der Waals surface area (Å²) in [6.45, 7) is 5.95. The predicted molar refractivity (Wildman–Crippen MR) is 80.3 cm³/mol. The molecule has 0 unspecified atom stereocenters. The summed E-state index contributed by atoms with van der Waals surface area (Å²) in [4.78, 5) is 2.43. The van der Waals surface area contributed by atoms with Crippen LogP contribution in [0.3, 0.4) is 0 Å². The molecule has 0 spiro atoms. The zero-order valence-corrected chi connectivity index (χ0v) is 11.9. The second kappa shape index (κ2) is 5.77. The van der Waals surface area contributed by atoms with Crippen LogP contribution in [0.2, 0.25) is 0 Å². The van der Waals surface area contributed by atoms with Gasteiger partial charge in [-0.2, -0.15) is 5.10 Å². The van der Waals surface area contributed by atoms with Crippen molar-refractivity contribution in [2.75, 3.05) is 13.1 Å². The number of benzene rings is 1. The lowest BCUT2D eigenvalue weighted by molar-refractivity contribution is 0.323. The van der Waals surface area contributed by atoms with Gasteiger partial charge in [0, 0.05) is 49.9 Å². The highest BCUT2D eigenvalue weighted by Gasteiger charge is 2.31.